The molecule has 1 heterocycles. The van der Waals surface area contributed by atoms with Crippen molar-refractivity contribution in [1.82, 2.24) is 15.6 Å². The first-order valence-corrected chi connectivity index (χ1v) is 11.9. The summed E-state index contributed by atoms with van der Waals surface area (Å²) in [4.78, 5) is 28.7. The maximum Gasteiger partial charge on any atom is 0.269 e. The number of carbonyl (C=O) groups is 2. The summed E-state index contributed by atoms with van der Waals surface area (Å²) in [5.74, 6) is -3.01. The summed E-state index contributed by atoms with van der Waals surface area (Å²) in [6.45, 7) is -0.775. The summed E-state index contributed by atoms with van der Waals surface area (Å²) in [5, 5.41) is 4.54. The first kappa shape index (κ1) is 24.2. The molecule has 0 bridgehead atoms. The smallest absolute Gasteiger partial charge is 0.269 e. The summed E-state index contributed by atoms with van der Waals surface area (Å²) in [6.07, 6.45) is 0. The number of pyridine rings is 1. The van der Waals surface area contributed by atoms with Gasteiger partial charge < -0.3 is 16.4 Å². The Morgan fingerprint density at radius 1 is 0.806 bits per heavy atom. The Morgan fingerprint density at radius 2 is 1.23 bits per heavy atom. The molecule has 1 aromatic carbocycles. The van der Waals surface area contributed by atoms with Gasteiger partial charge in [0, 0.05) is 18.8 Å². The van der Waals surface area contributed by atoms with E-state index in [1.807, 2.05) is 0 Å². The Hall–Kier alpha value is -3.07. The van der Waals surface area contributed by atoms with E-state index in [4.69, 9.17) is 14.8 Å². The van der Waals surface area contributed by atoms with Crippen molar-refractivity contribution >= 4 is 37.7 Å². The van der Waals surface area contributed by atoms with Crippen LogP contribution in [0.15, 0.2) is 36.4 Å². The van der Waals surface area contributed by atoms with Crippen molar-refractivity contribution in [2.45, 2.75) is 0 Å². The van der Waals surface area contributed by atoms with Gasteiger partial charge in [-0.25, -0.2) is 4.98 Å². The molecule has 31 heavy (non-hydrogen) atoms. The second-order valence-corrected chi connectivity index (χ2v) is 9.48. The standard InChI is InChI=1S/C17H20N4O8S2/c18-13-3-1-11(2-4-13)12-9-14(16(22)19-5-7-30(24,25)26)21-15(10-12)17(23)20-6-8-31(27,28)29/h1-4,9-10H,5-8,18H2,(H,19,22)(H,20,23)(H,24,25,26)(H,27,28,29). The Morgan fingerprint density at radius 3 is 1.61 bits per heavy atom. The second-order valence-electron chi connectivity index (χ2n) is 6.33. The number of nitrogens with one attached hydrogen (secondary N) is 2. The molecule has 0 aliphatic heterocycles. The van der Waals surface area contributed by atoms with Crippen molar-refractivity contribution in [2.24, 2.45) is 0 Å². The predicted molar refractivity (Wildman–Crippen MR) is 112 cm³/mol. The number of benzene rings is 1. The number of carbonyl (C=O) groups excluding carboxylic acids is 2. The van der Waals surface area contributed by atoms with Crippen LogP contribution in [0.25, 0.3) is 11.1 Å². The minimum atomic E-state index is -4.28. The molecule has 14 heteroatoms. The average molecular weight is 473 g/mol. The van der Waals surface area contributed by atoms with Crippen molar-refractivity contribution in [3.8, 4) is 11.1 Å². The van der Waals surface area contributed by atoms with Crippen LogP contribution in [0, 0.1) is 0 Å². The summed E-state index contributed by atoms with van der Waals surface area (Å²) >= 11 is 0. The van der Waals surface area contributed by atoms with Gasteiger partial charge in [-0.15, -0.1) is 0 Å². The highest BCUT2D eigenvalue weighted by molar-refractivity contribution is 7.86. The van der Waals surface area contributed by atoms with Crippen LogP contribution < -0.4 is 16.4 Å². The van der Waals surface area contributed by atoms with Crippen molar-refractivity contribution in [1.29, 1.82) is 0 Å². The lowest BCUT2D eigenvalue weighted by Gasteiger charge is -2.10. The molecule has 12 nitrogen and oxygen atoms in total. The fourth-order valence-electron chi connectivity index (χ4n) is 2.37. The monoisotopic (exact) mass is 472 g/mol. The number of hydrogen-bond donors (Lipinski definition) is 5. The zero-order chi connectivity index (χ0) is 23.2. The minimum Gasteiger partial charge on any atom is -0.399 e. The van der Waals surface area contributed by atoms with Crippen molar-refractivity contribution in [3.05, 3.63) is 47.8 Å². The number of aromatic nitrogens is 1. The molecule has 0 aliphatic carbocycles. The molecule has 1 aromatic heterocycles. The topological polar surface area (TPSA) is 206 Å². The first-order valence-electron chi connectivity index (χ1n) is 8.69. The third-order valence-corrected chi connectivity index (χ3v) is 5.27. The molecule has 6 N–H and O–H groups in total. The van der Waals surface area contributed by atoms with Gasteiger partial charge in [0.05, 0.1) is 11.5 Å². The van der Waals surface area contributed by atoms with Gasteiger partial charge in [-0.05, 0) is 35.4 Å². The van der Waals surface area contributed by atoms with E-state index in [0.717, 1.165) is 0 Å². The molecule has 0 saturated carbocycles. The Balaban J connectivity index is 2.32. The Kier molecular flexibility index (Phi) is 7.67. The molecule has 0 spiro atoms. The molecule has 2 amide bonds. The van der Waals surface area contributed by atoms with Gasteiger partial charge in [-0.2, -0.15) is 16.8 Å². The number of rotatable bonds is 9. The van der Waals surface area contributed by atoms with Gasteiger partial charge in [0.2, 0.25) is 0 Å². The Labute approximate surface area is 178 Å². The SMILES string of the molecule is Nc1ccc(-c2cc(C(=O)NCCS(=O)(=O)O)nc(C(=O)NCCS(=O)(=O)O)c2)cc1. The fraction of sp³-hybridized carbons (Fsp3) is 0.235. The van der Waals surface area contributed by atoms with Gasteiger partial charge in [0.15, 0.2) is 0 Å². The van der Waals surface area contributed by atoms with Crippen LogP contribution in [0.5, 0.6) is 0 Å². The van der Waals surface area contributed by atoms with Crippen molar-refractivity contribution < 1.29 is 35.5 Å². The average Bonchev–Trinajstić information content (AvgIpc) is 2.66. The third kappa shape index (κ3) is 8.29. The molecular formula is C17H20N4O8S2. The van der Waals surface area contributed by atoms with Crippen LogP contribution in [0.4, 0.5) is 5.69 Å². The number of anilines is 1. The van der Waals surface area contributed by atoms with E-state index < -0.39 is 43.6 Å². The highest BCUT2D eigenvalue weighted by atomic mass is 32.2. The number of hydrogen-bond acceptors (Lipinski definition) is 8. The molecule has 0 fully saturated rings. The first-order chi connectivity index (χ1) is 14.3. The summed E-state index contributed by atoms with van der Waals surface area (Å²) < 4.78 is 60.7. The molecule has 2 aromatic rings. The quantitative estimate of drug-likeness (QED) is 0.235. The maximum absolute atomic E-state index is 12.4. The predicted octanol–water partition coefficient (Wildman–Crippen LogP) is -0.434. The molecule has 0 aliphatic rings. The molecule has 0 unspecified atom stereocenters. The van der Waals surface area contributed by atoms with Crippen LogP contribution in [0.3, 0.4) is 0 Å². The Bertz CT molecular complexity index is 1110. The van der Waals surface area contributed by atoms with E-state index in [2.05, 4.69) is 15.6 Å². The third-order valence-electron chi connectivity index (χ3n) is 3.83. The summed E-state index contributed by atoms with van der Waals surface area (Å²) in [5.41, 5.74) is 6.72. The van der Waals surface area contributed by atoms with E-state index in [1.54, 1.807) is 24.3 Å². The fourth-order valence-corrected chi connectivity index (χ4v) is 3.09. The van der Waals surface area contributed by atoms with E-state index in [0.29, 0.717) is 16.8 Å². The highest BCUT2D eigenvalue weighted by Gasteiger charge is 2.17. The van der Waals surface area contributed by atoms with Crippen molar-refractivity contribution in [3.63, 3.8) is 0 Å². The highest BCUT2D eigenvalue weighted by Crippen LogP contribution is 2.22. The number of nitrogens with zero attached hydrogens (tertiary/aromatic N) is 1. The van der Waals surface area contributed by atoms with E-state index in [1.165, 1.54) is 12.1 Å². The molecule has 0 radical (unpaired) electrons. The van der Waals surface area contributed by atoms with Gasteiger partial charge in [-0.1, -0.05) is 12.1 Å². The lowest BCUT2D eigenvalue weighted by atomic mass is 10.0. The molecule has 0 atom stereocenters. The van der Waals surface area contributed by atoms with Crippen LogP contribution in [0.1, 0.15) is 21.0 Å². The lowest BCUT2D eigenvalue weighted by Crippen LogP contribution is -2.32. The summed E-state index contributed by atoms with van der Waals surface area (Å²) in [6, 6.07) is 9.23. The molecule has 0 saturated heterocycles. The molecular weight excluding hydrogens is 452 g/mol. The molecule has 168 valence electrons. The largest absolute Gasteiger partial charge is 0.399 e. The van der Waals surface area contributed by atoms with E-state index in [9.17, 15) is 26.4 Å². The van der Waals surface area contributed by atoms with Crippen LogP contribution in [-0.2, 0) is 20.2 Å². The van der Waals surface area contributed by atoms with Crippen LogP contribution in [0.2, 0.25) is 0 Å². The van der Waals surface area contributed by atoms with Crippen LogP contribution >= 0.6 is 0 Å². The van der Waals surface area contributed by atoms with Gasteiger partial charge >= 0.3 is 0 Å². The zero-order valence-electron chi connectivity index (χ0n) is 16.0. The van der Waals surface area contributed by atoms with Gasteiger partial charge in [-0.3, -0.25) is 18.7 Å². The van der Waals surface area contributed by atoms with E-state index >= 15 is 0 Å². The summed E-state index contributed by atoms with van der Waals surface area (Å²) in [7, 11) is -8.56. The van der Waals surface area contributed by atoms with E-state index in [-0.39, 0.29) is 24.5 Å². The van der Waals surface area contributed by atoms with Crippen LogP contribution in [-0.4, -0.2) is 67.3 Å². The number of amides is 2. The number of nitrogen functional groups attached to an aromatic ring is 1. The normalized spacial score (nSPS) is 11.7. The van der Waals surface area contributed by atoms with Gasteiger partial charge in [0.25, 0.3) is 32.1 Å². The lowest BCUT2D eigenvalue weighted by molar-refractivity contribution is 0.0947. The maximum atomic E-state index is 12.4. The van der Waals surface area contributed by atoms with Gasteiger partial charge in [0.1, 0.15) is 11.4 Å². The minimum absolute atomic E-state index is 0.218. The second kappa shape index (κ2) is 9.82. The number of nitrogens with two attached hydrogens (primary N) is 1. The molecule has 2 rings (SSSR count). The zero-order valence-corrected chi connectivity index (χ0v) is 17.6. The van der Waals surface area contributed by atoms with Crippen molar-refractivity contribution in [2.75, 3.05) is 30.3 Å².